The molecule has 1 amide bonds. The molecule has 0 aliphatic rings. The van der Waals surface area contributed by atoms with E-state index in [9.17, 15) is 17.6 Å². The van der Waals surface area contributed by atoms with E-state index >= 15 is 0 Å². The van der Waals surface area contributed by atoms with Crippen molar-refractivity contribution in [3.63, 3.8) is 0 Å². The van der Waals surface area contributed by atoms with Crippen molar-refractivity contribution in [2.75, 3.05) is 13.7 Å². The Morgan fingerprint density at radius 3 is 2.48 bits per heavy atom. The number of carbonyl (C=O) groups excluding carboxylic acids is 1. The first-order valence-electron chi connectivity index (χ1n) is 8.74. The quantitative estimate of drug-likeness (QED) is 0.600. The molecule has 2 aromatic carbocycles. The molecule has 0 saturated heterocycles. The number of para-hydroxylation sites is 1. The minimum Gasteiger partial charge on any atom is -0.496 e. The second-order valence-electron chi connectivity index (χ2n) is 6.18. The molecule has 0 aliphatic heterocycles. The van der Waals surface area contributed by atoms with E-state index in [2.05, 4.69) is 10.3 Å². The van der Waals surface area contributed by atoms with Crippen LogP contribution in [-0.2, 0) is 9.84 Å². The molecule has 150 valence electrons. The molecule has 0 radical (unpaired) electrons. The first-order valence-corrected chi connectivity index (χ1v) is 10.3. The number of aromatic nitrogens is 1. The first-order chi connectivity index (χ1) is 13.9. The second-order valence-corrected chi connectivity index (χ2v) is 8.31. The third-order valence-corrected chi connectivity index (χ3v) is 6.49. The van der Waals surface area contributed by atoms with Crippen LogP contribution in [0.4, 0.5) is 4.39 Å². The van der Waals surface area contributed by atoms with Gasteiger partial charge in [-0.2, -0.15) is 0 Å². The van der Waals surface area contributed by atoms with E-state index in [1.54, 1.807) is 36.4 Å². The van der Waals surface area contributed by atoms with Crippen LogP contribution in [0, 0.1) is 5.82 Å². The van der Waals surface area contributed by atoms with E-state index < -0.39 is 26.8 Å². The number of benzene rings is 2. The molecule has 1 atom stereocenters. The van der Waals surface area contributed by atoms with Crippen LogP contribution in [0.15, 0.2) is 78.0 Å². The maximum Gasteiger partial charge on any atom is 0.255 e. The summed E-state index contributed by atoms with van der Waals surface area (Å²) in [4.78, 5) is 16.6. The SMILES string of the molecule is COc1ccccc1C(=O)NC[C@@H](c1cccnc1)S(=O)(=O)c1ccc(F)cc1. The Kier molecular flexibility index (Phi) is 6.23. The third-order valence-electron chi connectivity index (χ3n) is 4.37. The van der Waals surface area contributed by atoms with Gasteiger partial charge in [0, 0.05) is 18.9 Å². The number of hydrogen-bond donors (Lipinski definition) is 1. The number of amides is 1. The average molecular weight is 414 g/mol. The summed E-state index contributed by atoms with van der Waals surface area (Å²) in [6.07, 6.45) is 2.96. The molecule has 0 aliphatic carbocycles. The van der Waals surface area contributed by atoms with Gasteiger partial charge in [-0.1, -0.05) is 18.2 Å². The number of sulfone groups is 1. The average Bonchev–Trinajstić information content (AvgIpc) is 2.74. The molecule has 29 heavy (non-hydrogen) atoms. The third kappa shape index (κ3) is 4.60. The number of nitrogens with one attached hydrogen (secondary N) is 1. The summed E-state index contributed by atoms with van der Waals surface area (Å²) in [5.74, 6) is -0.624. The van der Waals surface area contributed by atoms with Crippen molar-refractivity contribution >= 4 is 15.7 Å². The van der Waals surface area contributed by atoms with E-state index in [4.69, 9.17) is 4.74 Å². The number of methoxy groups -OCH3 is 1. The van der Waals surface area contributed by atoms with E-state index in [0.29, 0.717) is 16.9 Å². The Labute approximate surface area is 168 Å². The number of nitrogens with zero attached hydrogens (tertiary/aromatic N) is 1. The van der Waals surface area contributed by atoms with Crippen LogP contribution in [-0.4, -0.2) is 33.0 Å². The number of carbonyl (C=O) groups is 1. The largest absolute Gasteiger partial charge is 0.496 e. The summed E-state index contributed by atoms with van der Waals surface area (Å²) in [5.41, 5.74) is 0.705. The first kappa shape index (κ1) is 20.5. The van der Waals surface area contributed by atoms with Crippen molar-refractivity contribution in [3.8, 4) is 5.75 Å². The molecule has 0 spiro atoms. The summed E-state index contributed by atoms with van der Waals surface area (Å²) in [7, 11) is -2.47. The molecular formula is C21H19FN2O4S. The fourth-order valence-electron chi connectivity index (χ4n) is 2.87. The van der Waals surface area contributed by atoms with Crippen molar-refractivity contribution in [1.29, 1.82) is 0 Å². The lowest BCUT2D eigenvalue weighted by Gasteiger charge is -2.19. The lowest BCUT2D eigenvalue weighted by molar-refractivity contribution is 0.0950. The highest BCUT2D eigenvalue weighted by Crippen LogP contribution is 2.28. The molecule has 0 bridgehead atoms. The summed E-state index contributed by atoms with van der Waals surface area (Å²) >= 11 is 0. The van der Waals surface area contributed by atoms with Gasteiger partial charge in [0.25, 0.3) is 5.91 Å². The molecule has 3 rings (SSSR count). The van der Waals surface area contributed by atoms with E-state index in [-0.39, 0.29) is 11.4 Å². The number of ether oxygens (including phenoxy) is 1. The Morgan fingerprint density at radius 1 is 1.10 bits per heavy atom. The van der Waals surface area contributed by atoms with Crippen molar-refractivity contribution in [3.05, 3.63) is 90.0 Å². The van der Waals surface area contributed by atoms with Gasteiger partial charge in [-0.15, -0.1) is 0 Å². The van der Waals surface area contributed by atoms with Gasteiger partial charge in [-0.05, 0) is 48.0 Å². The van der Waals surface area contributed by atoms with E-state index in [1.165, 1.54) is 31.6 Å². The zero-order valence-corrected chi connectivity index (χ0v) is 16.4. The standard InChI is InChI=1S/C21H19FN2O4S/c1-28-19-7-3-2-6-18(19)21(25)24-14-20(15-5-4-12-23-13-15)29(26,27)17-10-8-16(22)9-11-17/h2-13,20H,14H2,1H3,(H,24,25)/t20-/m0/s1. The molecule has 3 aromatic rings. The topological polar surface area (TPSA) is 85.4 Å². The maximum atomic E-state index is 13.2. The number of pyridine rings is 1. The van der Waals surface area contributed by atoms with Crippen LogP contribution >= 0.6 is 0 Å². The van der Waals surface area contributed by atoms with Crippen LogP contribution in [0.2, 0.25) is 0 Å². The summed E-state index contributed by atoms with van der Waals surface area (Å²) in [6, 6.07) is 14.5. The fraction of sp³-hybridized carbons (Fsp3) is 0.143. The minimum absolute atomic E-state index is 0.0423. The van der Waals surface area contributed by atoms with Crippen LogP contribution in [0.1, 0.15) is 21.2 Å². The summed E-state index contributed by atoms with van der Waals surface area (Å²) < 4.78 is 44.8. The summed E-state index contributed by atoms with van der Waals surface area (Å²) in [6.45, 7) is -0.192. The minimum atomic E-state index is -3.92. The van der Waals surface area contributed by atoms with Gasteiger partial charge in [0.15, 0.2) is 9.84 Å². The monoisotopic (exact) mass is 414 g/mol. The van der Waals surface area contributed by atoms with Crippen molar-refractivity contribution in [2.24, 2.45) is 0 Å². The highest BCUT2D eigenvalue weighted by Gasteiger charge is 2.30. The van der Waals surface area contributed by atoms with Gasteiger partial charge >= 0.3 is 0 Å². The molecular weight excluding hydrogens is 395 g/mol. The second kappa shape index (κ2) is 8.83. The van der Waals surface area contributed by atoms with Crippen molar-refractivity contribution < 1.29 is 22.3 Å². The van der Waals surface area contributed by atoms with Crippen molar-refractivity contribution in [1.82, 2.24) is 10.3 Å². The van der Waals surface area contributed by atoms with E-state index in [0.717, 1.165) is 12.1 Å². The zero-order chi connectivity index (χ0) is 20.9. The highest BCUT2D eigenvalue weighted by molar-refractivity contribution is 7.91. The van der Waals surface area contributed by atoms with Gasteiger partial charge in [0.2, 0.25) is 0 Å². The van der Waals surface area contributed by atoms with Gasteiger partial charge in [0.1, 0.15) is 16.8 Å². The maximum absolute atomic E-state index is 13.2. The van der Waals surface area contributed by atoms with Crippen molar-refractivity contribution in [2.45, 2.75) is 10.1 Å². The Morgan fingerprint density at radius 2 is 1.83 bits per heavy atom. The number of hydrogen-bond acceptors (Lipinski definition) is 5. The van der Waals surface area contributed by atoms with E-state index in [1.807, 2.05) is 0 Å². The molecule has 1 heterocycles. The number of rotatable bonds is 7. The molecule has 0 unspecified atom stereocenters. The molecule has 1 N–H and O–H groups in total. The molecule has 0 saturated carbocycles. The Bertz CT molecular complexity index is 1090. The van der Waals surface area contributed by atoms with Gasteiger partial charge in [-0.3, -0.25) is 9.78 Å². The predicted molar refractivity (Wildman–Crippen MR) is 106 cm³/mol. The molecule has 6 nitrogen and oxygen atoms in total. The summed E-state index contributed by atoms with van der Waals surface area (Å²) in [5, 5.41) is 1.56. The lowest BCUT2D eigenvalue weighted by Crippen LogP contribution is -2.32. The van der Waals surface area contributed by atoms with Gasteiger partial charge in [0.05, 0.1) is 17.6 Å². The fourth-order valence-corrected chi connectivity index (χ4v) is 4.52. The predicted octanol–water partition coefficient (Wildman–Crippen LogP) is 3.17. The Balaban J connectivity index is 1.91. The van der Waals surface area contributed by atoms with Gasteiger partial charge in [-0.25, -0.2) is 12.8 Å². The highest BCUT2D eigenvalue weighted by atomic mass is 32.2. The lowest BCUT2D eigenvalue weighted by atomic mass is 10.1. The van der Waals surface area contributed by atoms with Gasteiger partial charge < -0.3 is 10.1 Å². The van der Waals surface area contributed by atoms with Crippen LogP contribution in [0.5, 0.6) is 5.75 Å². The normalized spacial score (nSPS) is 12.2. The molecule has 0 fully saturated rings. The van der Waals surface area contributed by atoms with Crippen LogP contribution in [0.25, 0.3) is 0 Å². The number of halogens is 1. The zero-order valence-electron chi connectivity index (χ0n) is 15.6. The smallest absolute Gasteiger partial charge is 0.255 e. The van der Waals surface area contributed by atoms with Crippen LogP contribution in [0.3, 0.4) is 0 Å². The molecule has 8 heteroatoms. The van der Waals surface area contributed by atoms with Crippen LogP contribution < -0.4 is 10.1 Å². The molecule has 1 aromatic heterocycles. The Hall–Kier alpha value is -3.26.